The molecule has 0 aliphatic rings. The van der Waals surface area contributed by atoms with E-state index < -0.39 is 0 Å². The van der Waals surface area contributed by atoms with Crippen molar-refractivity contribution in [2.24, 2.45) is 0 Å². The van der Waals surface area contributed by atoms with Crippen LogP contribution in [-0.2, 0) is 6.42 Å². The van der Waals surface area contributed by atoms with Gasteiger partial charge in [0.2, 0.25) is 0 Å². The van der Waals surface area contributed by atoms with E-state index in [1.807, 2.05) is 6.07 Å². The van der Waals surface area contributed by atoms with Crippen LogP contribution in [0.15, 0.2) is 46.3 Å². The predicted octanol–water partition coefficient (Wildman–Crippen LogP) is 3.99. The molecule has 2 rings (SSSR count). The van der Waals surface area contributed by atoms with Crippen LogP contribution in [0.25, 0.3) is 0 Å². The first kappa shape index (κ1) is 16.3. The molecule has 2 aromatic rings. The summed E-state index contributed by atoms with van der Waals surface area (Å²) in [7, 11) is 0. The third-order valence-electron chi connectivity index (χ3n) is 3.16. The van der Waals surface area contributed by atoms with Crippen molar-refractivity contribution in [1.29, 1.82) is 0 Å². The summed E-state index contributed by atoms with van der Waals surface area (Å²) < 4.78 is 0. The van der Waals surface area contributed by atoms with Crippen molar-refractivity contribution in [3.8, 4) is 0 Å². The van der Waals surface area contributed by atoms with Crippen molar-refractivity contribution in [3.05, 3.63) is 58.0 Å². The molecular weight excluding hydrogens is 348 g/mol. The largest absolute Gasteiger partial charge is 0.301 e. The van der Waals surface area contributed by atoms with E-state index in [0.717, 1.165) is 29.6 Å². The second-order valence-electron chi connectivity index (χ2n) is 4.86. The van der Waals surface area contributed by atoms with Gasteiger partial charge in [0.1, 0.15) is 0 Å². The van der Waals surface area contributed by atoms with E-state index in [4.69, 9.17) is 0 Å². The molecule has 0 fully saturated rings. The lowest BCUT2D eigenvalue weighted by molar-refractivity contribution is 0.812. The number of H-pyrrole nitrogens is 1. The number of thioether (sulfide) groups is 1. The molecule has 0 saturated heterocycles. The lowest BCUT2D eigenvalue weighted by atomic mass is 10.0. The molecule has 1 heterocycles. The van der Waals surface area contributed by atoms with Crippen molar-refractivity contribution in [2.45, 2.75) is 30.8 Å². The summed E-state index contributed by atoms with van der Waals surface area (Å²) in [4.78, 5) is 19.0. The minimum Gasteiger partial charge on any atom is -0.301 e. The van der Waals surface area contributed by atoms with Gasteiger partial charge in [0.25, 0.3) is 5.56 Å². The Kier molecular flexibility index (Phi) is 6.51. The summed E-state index contributed by atoms with van der Waals surface area (Å²) in [6, 6.07) is 12.0. The molecule has 1 N–H and O–H groups in total. The van der Waals surface area contributed by atoms with Crippen LogP contribution in [0.4, 0.5) is 0 Å². The number of alkyl halides is 1. The highest BCUT2D eigenvalue weighted by Gasteiger charge is 2.11. The molecule has 1 unspecified atom stereocenters. The number of nitrogens with zero attached hydrogens (tertiary/aromatic N) is 1. The lowest BCUT2D eigenvalue weighted by Gasteiger charge is -2.13. The van der Waals surface area contributed by atoms with Gasteiger partial charge in [-0.2, -0.15) is 0 Å². The van der Waals surface area contributed by atoms with Gasteiger partial charge in [0, 0.05) is 28.8 Å². The minimum atomic E-state index is -0.0638. The number of aromatic nitrogens is 2. The maximum atomic E-state index is 11.7. The Morgan fingerprint density at radius 2 is 2.10 bits per heavy atom. The van der Waals surface area contributed by atoms with Crippen LogP contribution in [0.5, 0.6) is 0 Å². The van der Waals surface area contributed by atoms with Crippen LogP contribution in [0.2, 0.25) is 0 Å². The molecule has 1 aromatic carbocycles. The minimum absolute atomic E-state index is 0.0638. The average Bonchev–Trinajstić information content (AvgIpc) is 2.49. The Bertz CT molecular complexity index is 615. The second-order valence-corrected chi connectivity index (χ2v) is 6.52. The van der Waals surface area contributed by atoms with Crippen molar-refractivity contribution < 1.29 is 0 Å². The second kappa shape index (κ2) is 8.39. The smallest absolute Gasteiger partial charge is 0.251 e. The van der Waals surface area contributed by atoms with Crippen LogP contribution in [0, 0.1) is 0 Å². The third kappa shape index (κ3) is 5.00. The zero-order chi connectivity index (χ0) is 15.1. The molecule has 112 valence electrons. The number of halogens is 1. The van der Waals surface area contributed by atoms with E-state index in [2.05, 4.69) is 57.1 Å². The van der Waals surface area contributed by atoms with Crippen molar-refractivity contribution >= 4 is 27.7 Å². The topological polar surface area (TPSA) is 45.8 Å². The highest BCUT2D eigenvalue weighted by Crippen LogP contribution is 2.25. The molecule has 3 nitrogen and oxygen atoms in total. The molecule has 1 atom stereocenters. The Labute approximate surface area is 137 Å². The molecular formula is C16H19BrN2OS. The molecule has 0 saturated carbocycles. The third-order valence-corrected chi connectivity index (χ3v) is 4.98. The van der Waals surface area contributed by atoms with Gasteiger partial charge in [-0.3, -0.25) is 4.79 Å². The molecule has 0 aliphatic carbocycles. The van der Waals surface area contributed by atoms with Crippen LogP contribution in [0.1, 0.15) is 30.5 Å². The van der Waals surface area contributed by atoms with E-state index in [1.54, 1.807) is 17.8 Å². The Hall–Kier alpha value is -1.07. The predicted molar refractivity (Wildman–Crippen MR) is 92.6 cm³/mol. The Morgan fingerprint density at radius 1 is 1.33 bits per heavy atom. The zero-order valence-corrected chi connectivity index (χ0v) is 14.4. The van der Waals surface area contributed by atoms with Gasteiger partial charge in [-0.25, -0.2) is 4.98 Å². The number of hydrogen-bond donors (Lipinski definition) is 1. The monoisotopic (exact) mass is 366 g/mol. The summed E-state index contributed by atoms with van der Waals surface area (Å²) in [6.07, 6.45) is 1.84. The number of nitrogens with one attached hydrogen (secondary N) is 1. The highest BCUT2D eigenvalue weighted by molar-refractivity contribution is 9.09. The van der Waals surface area contributed by atoms with Crippen LogP contribution in [0.3, 0.4) is 0 Å². The van der Waals surface area contributed by atoms with E-state index in [0.29, 0.717) is 11.1 Å². The standard InChI is InChI=1S/C16H19BrN2OS/c1-2-6-14-9-15(20)19-16(18-14)21-11-13(10-17)12-7-4-3-5-8-12/h3-5,7-9,13H,2,6,10-11H2,1H3,(H,18,19,20). The first-order chi connectivity index (χ1) is 10.2. The molecule has 21 heavy (non-hydrogen) atoms. The number of benzene rings is 1. The summed E-state index contributed by atoms with van der Waals surface area (Å²) in [5.41, 5.74) is 2.11. The van der Waals surface area contributed by atoms with Gasteiger partial charge < -0.3 is 4.98 Å². The number of rotatable bonds is 7. The fourth-order valence-electron chi connectivity index (χ4n) is 2.07. The fraction of sp³-hybridized carbons (Fsp3) is 0.375. The van der Waals surface area contributed by atoms with Gasteiger partial charge in [0.05, 0.1) is 0 Å². The van der Waals surface area contributed by atoms with E-state index in [-0.39, 0.29) is 5.56 Å². The van der Waals surface area contributed by atoms with Crippen LogP contribution in [-0.4, -0.2) is 21.1 Å². The fourth-order valence-corrected chi connectivity index (χ4v) is 4.00. The molecule has 1 aromatic heterocycles. The van der Waals surface area contributed by atoms with Gasteiger partial charge in [-0.15, -0.1) is 0 Å². The maximum absolute atomic E-state index is 11.7. The van der Waals surface area contributed by atoms with Crippen molar-refractivity contribution in [1.82, 2.24) is 9.97 Å². The highest BCUT2D eigenvalue weighted by atomic mass is 79.9. The summed E-state index contributed by atoms with van der Waals surface area (Å²) in [5.74, 6) is 1.28. The molecule has 0 radical (unpaired) electrons. The Morgan fingerprint density at radius 3 is 2.76 bits per heavy atom. The summed E-state index contributed by atoms with van der Waals surface area (Å²) >= 11 is 5.18. The first-order valence-electron chi connectivity index (χ1n) is 7.07. The van der Waals surface area contributed by atoms with Crippen molar-refractivity contribution in [3.63, 3.8) is 0 Å². The van der Waals surface area contributed by atoms with Gasteiger partial charge in [0.15, 0.2) is 5.16 Å². The maximum Gasteiger partial charge on any atom is 0.251 e. The Balaban J connectivity index is 2.06. The molecule has 5 heteroatoms. The SMILES string of the molecule is CCCc1cc(=O)[nH]c(SCC(CBr)c2ccccc2)n1. The van der Waals surface area contributed by atoms with E-state index in [1.165, 1.54) is 5.56 Å². The number of aromatic amines is 1. The van der Waals surface area contributed by atoms with E-state index in [9.17, 15) is 4.79 Å². The van der Waals surface area contributed by atoms with E-state index >= 15 is 0 Å². The molecule has 0 amide bonds. The average molecular weight is 367 g/mol. The first-order valence-corrected chi connectivity index (χ1v) is 9.17. The summed E-state index contributed by atoms with van der Waals surface area (Å²) in [5, 5.41) is 1.61. The molecule has 0 aliphatic heterocycles. The van der Waals surface area contributed by atoms with Gasteiger partial charge >= 0.3 is 0 Å². The number of hydrogen-bond acceptors (Lipinski definition) is 3. The molecule has 0 bridgehead atoms. The normalized spacial score (nSPS) is 12.3. The van der Waals surface area contributed by atoms with Crippen LogP contribution >= 0.6 is 27.7 Å². The van der Waals surface area contributed by atoms with Gasteiger partial charge in [-0.1, -0.05) is 71.4 Å². The van der Waals surface area contributed by atoms with Gasteiger partial charge in [-0.05, 0) is 12.0 Å². The lowest BCUT2D eigenvalue weighted by Crippen LogP contribution is -2.11. The quantitative estimate of drug-likeness (QED) is 0.457. The summed E-state index contributed by atoms with van der Waals surface area (Å²) in [6.45, 7) is 2.09. The van der Waals surface area contributed by atoms with Crippen LogP contribution < -0.4 is 5.56 Å². The molecule has 0 spiro atoms. The zero-order valence-electron chi connectivity index (χ0n) is 12.0. The number of aryl methyl sites for hydroxylation is 1. The van der Waals surface area contributed by atoms with Crippen molar-refractivity contribution in [2.75, 3.05) is 11.1 Å².